The minimum absolute atomic E-state index is 0.00123. The molecule has 0 spiro atoms. The molecule has 1 fully saturated rings. The molecule has 7 nitrogen and oxygen atoms in total. The molecule has 2 heterocycles. The van der Waals surface area contributed by atoms with Gasteiger partial charge in [-0.3, -0.25) is 19.3 Å². The fourth-order valence-corrected chi connectivity index (χ4v) is 5.24. The van der Waals surface area contributed by atoms with E-state index in [4.69, 9.17) is 16.3 Å². The van der Waals surface area contributed by atoms with Crippen molar-refractivity contribution in [3.63, 3.8) is 0 Å². The molecule has 30 heavy (non-hydrogen) atoms. The van der Waals surface area contributed by atoms with Crippen LogP contribution < -0.4 is 4.90 Å². The highest BCUT2D eigenvalue weighted by Gasteiger charge is 2.24. The van der Waals surface area contributed by atoms with Crippen LogP contribution in [0.5, 0.6) is 0 Å². The summed E-state index contributed by atoms with van der Waals surface area (Å²) in [6, 6.07) is 3.76. The lowest BCUT2D eigenvalue weighted by atomic mass is 10.1. The smallest absolute Gasteiger partial charge is 0.307 e. The Labute approximate surface area is 188 Å². The van der Waals surface area contributed by atoms with E-state index >= 15 is 0 Å². The number of ether oxygens (including phenoxy) is 1. The molecule has 0 unspecified atom stereocenters. The van der Waals surface area contributed by atoms with E-state index in [2.05, 4.69) is 4.98 Å². The molecule has 0 N–H and O–H groups in total. The lowest BCUT2D eigenvalue weighted by molar-refractivity contribution is -0.145. The number of esters is 1. The Morgan fingerprint density at radius 1 is 1.33 bits per heavy atom. The van der Waals surface area contributed by atoms with Crippen molar-refractivity contribution in [3.05, 3.63) is 39.4 Å². The molecule has 0 atom stereocenters. The van der Waals surface area contributed by atoms with E-state index in [9.17, 15) is 14.4 Å². The molecule has 160 valence electrons. The Balaban J connectivity index is 1.65. The highest BCUT2D eigenvalue weighted by Crippen LogP contribution is 2.37. The fraction of sp³-hybridized carbons (Fsp3) is 0.400. The van der Waals surface area contributed by atoms with Gasteiger partial charge in [0.1, 0.15) is 6.61 Å². The number of nitrogens with zero attached hydrogens (tertiary/aromatic N) is 3. The molecule has 0 saturated carbocycles. The van der Waals surface area contributed by atoms with Crippen LogP contribution in [0.2, 0.25) is 5.02 Å². The third-order valence-corrected chi connectivity index (χ3v) is 6.53. The predicted molar refractivity (Wildman–Crippen MR) is 120 cm³/mol. The van der Waals surface area contributed by atoms with Crippen molar-refractivity contribution in [2.75, 3.05) is 23.7 Å². The zero-order valence-electron chi connectivity index (χ0n) is 16.9. The summed E-state index contributed by atoms with van der Waals surface area (Å²) >= 11 is 8.95. The van der Waals surface area contributed by atoms with Crippen LogP contribution in [0.25, 0.3) is 0 Å². The van der Waals surface area contributed by atoms with Gasteiger partial charge in [-0.15, -0.1) is 11.3 Å². The van der Waals surface area contributed by atoms with Crippen molar-refractivity contribution in [2.24, 2.45) is 0 Å². The second kappa shape index (κ2) is 9.80. The molecule has 0 radical (unpaired) electrons. The molecule has 1 aliphatic heterocycles. The Kier molecular flexibility index (Phi) is 7.38. The van der Waals surface area contributed by atoms with Crippen LogP contribution >= 0.6 is 34.7 Å². The average Bonchev–Trinajstić information content (AvgIpc) is 3.29. The van der Waals surface area contributed by atoms with Crippen molar-refractivity contribution >= 4 is 62.6 Å². The summed E-state index contributed by atoms with van der Waals surface area (Å²) in [7, 11) is 0. The number of thioether (sulfide) groups is 1. The van der Waals surface area contributed by atoms with Crippen molar-refractivity contribution in [1.29, 1.82) is 0 Å². The number of halogens is 1. The van der Waals surface area contributed by atoms with Gasteiger partial charge in [-0.1, -0.05) is 29.4 Å². The molecule has 2 amide bonds. The van der Waals surface area contributed by atoms with Crippen LogP contribution in [-0.2, 0) is 20.9 Å². The molecule has 2 aromatic rings. The van der Waals surface area contributed by atoms with E-state index in [1.54, 1.807) is 16.3 Å². The Bertz CT molecular complexity index is 956. The Morgan fingerprint density at radius 3 is 2.73 bits per heavy atom. The molecule has 0 bridgehead atoms. The van der Waals surface area contributed by atoms with Gasteiger partial charge in [0.15, 0.2) is 5.13 Å². The second-order valence-electron chi connectivity index (χ2n) is 6.90. The van der Waals surface area contributed by atoms with E-state index in [-0.39, 0.29) is 24.2 Å². The first-order valence-electron chi connectivity index (χ1n) is 9.35. The summed E-state index contributed by atoms with van der Waals surface area (Å²) < 4.78 is 5.28. The largest absolute Gasteiger partial charge is 0.459 e. The summed E-state index contributed by atoms with van der Waals surface area (Å²) in [5.74, 6) is 0.150. The zero-order chi connectivity index (χ0) is 21.8. The van der Waals surface area contributed by atoms with Gasteiger partial charge in [-0.2, -0.15) is 0 Å². The number of carbonyl (C=O) groups is 3. The van der Waals surface area contributed by atoms with Crippen LogP contribution in [-0.4, -0.2) is 45.8 Å². The maximum absolute atomic E-state index is 12.4. The summed E-state index contributed by atoms with van der Waals surface area (Å²) in [6.07, 6.45) is 0.140. The molecule has 0 aliphatic carbocycles. The molecular formula is C20H22ClN3O4S2. The maximum Gasteiger partial charge on any atom is 0.307 e. The molecule has 1 aromatic heterocycles. The summed E-state index contributed by atoms with van der Waals surface area (Å²) in [5, 5.41) is 2.68. The van der Waals surface area contributed by atoms with Crippen LogP contribution in [0.15, 0.2) is 17.5 Å². The normalized spacial score (nSPS) is 13.6. The number of aryl methyl sites for hydroxylation is 2. The molecule has 3 rings (SSSR count). The first-order valence-corrected chi connectivity index (χ1v) is 11.6. The third kappa shape index (κ3) is 5.33. The molecule has 1 aliphatic rings. The van der Waals surface area contributed by atoms with Gasteiger partial charge in [-0.25, -0.2) is 4.98 Å². The number of carbonyl (C=O) groups excluding carboxylic acids is 3. The van der Waals surface area contributed by atoms with Gasteiger partial charge in [0.2, 0.25) is 5.91 Å². The first kappa shape index (κ1) is 22.6. The monoisotopic (exact) mass is 467 g/mol. The number of benzene rings is 1. The Hall–Kier alpha value is -2.10. The minimum Gasteiger partial charge on any atom is -0.459 e. The van der Waals surface area contributed by atoms with Crippen molar-refractivity contribution in [2.45, 2.75) is 33.8 Å². The van der Waals surface area contributed by atoms with Crippen molar-refractivity contribution in [1.82, 2.24) is 9.88 Å². The number of anilines is 2. The summed E-state index contributed by atoms with van der Waals surface area (Å²) in [4.78, 5) is 43.5. The van der Waals surface area contributed by atoms with E-state index in [0.29, 0.717) is 34.6 Å². The van der Waals surface area contributed by atoms with E-state index in [1.807, 2.05) is 19.9 Å². The van der Waals surface area contributed by atoms with Gasteiger partial charge >= 0.3 is 5.97 Å². The number of aromatic nitrogens is 1. The number of hydrogen-bond donors (Lipinski definition) is 0. The molecule has 1 saturated heterocycles. The lowest BCUT2D eigenvalue weighted by Gasteiger charge is -2.22. The molecule has 1 aromatic carbocycles. The number of rotatable bonds is 7. The van der Waals surface area contributed by atoms with Crippen LogP contribution in [0.4, 0.5) is 15.6 Å². The number of thiazole rings is 1. The van der Waals surface area contributed by atoms with Gasteiger partial charge in [-0.05, 0) is 31.0 Å². The fourth-order valence-electron chi connectivity index (χ4n) is 3.13. The van der Waals surface area contributed by atoms with E-state index in [1.165, 1.54) is 34.9 Å². The van der Waals surface area contributed by atoms with Gasteiger partial charge in [0.25, 0.3) is 5.24 Å². The second-order valence-corrected chi connectivity index (χ2v) is 9.19. The summed E-state index contributed by atoms with van der Waals surface area (Å²) in [5.41, 5.74) is 3.02. The van der Waals surface area contributed by atoms with Crippen LogP contribution in [0, 0.1) is 13.8 Å². The topological polar surface area (TPSA) is 79.8 Å². The average molecular weight is 468 g/mol. The predicted octanol–water partition coefficient (Wildman–Crippen LogP) is 4.70. The lowest BCUT2D eigenvalue weighted by Crippen LogP contribution is -2.26. The highest BCUT2D eigenvalue weighted by atomic mass is 35.5. The van der Waals surface area contributed by atoms with E-state index in [0.717, 1.165) is 16.9 Å². The van der Waals surface area contributed by atoms with Crippen molar-refractivity contribution in [3.8, 4) is 0 Å². The molecular weight excluding hydrogens is 446 g/mol. The standard InChI is InChI=1S/C20H22ClN3O4S2/c1-12-8-13(2)18(16(21)9-12)24(14(3)25)19-22-15(11-30-19)10-28-17(26)4-5-23-6-7-29-20(23)27/h8-9,11H,4-7,10H2,1-3H3. The third-order valence-electron chi connectivity index (χ3n) is 4.48. The zero-order valence-corrected chi connectivity index (χ0v) is 19.3. The SMILES string of the molecule is CC(=O)N(c1nc(COC(=O)CCN2CCSC2=O)cs1)c1c(C)cc(C)cc1Cl. The van der Waals surface area contributed by atoms with Gasteiger partial charge < -0.3 is 9.64 Å². The van der Waals surface area contributed by atoms with Gasteiger partial charge in [0.05, 0.1) is 22.8 Å². The summed E-state index contributed by atoms with van der Waals surface area (Å²) in [6.45, 7) is 6.31. The molecule has 10 heteroatoms. The minimum atomic E-state index is -0.393. The number of hydrogen-bond acceptors (Lipinski definition) is 7. The van der Waals surface area contributed by atoms with Crippen LogP contribution in [0.1, 0.15) is 30.2 Å². The van der Waals surface area contributed by atoms with E-state index < -0.39 is 5.97 Å². The Morgan fingerprint density at radius 2 is 2.10 bits per heavy atom. The number of amides is 2. The first-order chi connectivity index (χ1) is 14.3. The van der Waals surface area contributed by atoms with Crippen molar-refractivity contribution < 1.29 is 19.1 Å². The van der Waals surface area contributed by atoms with Gasteiger partial charge in [0, 0.05) is 31.1 Å². The highest BCUT2D eigenvalue weighted by molar-refractivity contribution is 8.13. The van der Waals surface area contributed by atoms with Crippen LogP contribution in [0.3, 0.4) is 0 Å². The quantitative estimate of drug-likeness (QED) is 0.549. The maximum atomic E-state index is 12.4.